The zero-order chi connectivity index (χ0) is 8.15. The van der Waals surface area contributed by atoms with E-state index in [0.29, 0.717) is 0 Å². The van der Waals surface area contributed by atoms with Crippen molar-refractivity contribution < 1.29 is 13.6 Å². The molecule has 0 saturated carbocycles. The molecular formula is C6H7F2NO. The first kappa shape index (κ1) is 8.81. The highest BCUT2D eigenvalue weighted by Crippen LogP contribution is 2.10. The van der Waals surface area contributed by atoms with Gasteiger partial charge >= 0.3 is 0 Å². The van der Waals surface area contributed by atoms with Gasteiger partial charge in [-0.15, -0.1) is 6.58 Å². The summed E-state index contributed by atoms with van der Waals surface area (Å²) in [6.07, 6.45) is -1.02. The molecule has 4 heteroatoms. The van der Waals surface area contributed by atoms with Crippen LogP contribution in [0.2, 0.25) is 0 Å². The van der Waals surface area contributed by atoms with Gasteiger partial charge in [0.15, 0.2) is 0 Å². The molecule has 56 valence electrons. The molecule has 0 aliphatic carbocycles. The molecule has 1 amide bonds. The number of amides is 1. The summed E-state index contributed by atoms with van der Waals surface area (Å²) in [7, 11) is 0. The van der Waals surface area contributed by atoms with Crippen LogP contribution in [0.5, 0.6) is 0 Å². The summed E-state index contributed by atoms with van der Waals surface area (Å²) < 4.78 is 23.3. The Hall–Kier alpha value is -1.19. The van der Waals surface area contributed by atoms with Crippen molar-refractivity contribution in [2.45, 2.75) is 6.42 Å². The minimum atomic E-state index is -2.03. The first-order chi connectivity index (χ1) is 4.59. The van der Waals surface area contributed by atoms with Crippen molar-refractivity contribution in [3.63, 3.8) is 0 Å². The van der Waals surface area contributed by atoms with Gasteiger partial charge in [0.25, 0.3) is 6.08 Å². The van der Waals surface area contributed by atoms with Crippen LogP contribution in [0, 0.1) is 0 Å². The molecule has 0 saturated heterocycles. The molecule has 0 aliphatic heterocycles. The van der Waals surface area contributed by atoms with Crippen LogP contribution in [0.25, 0.3) is 0 Å². The highest BCUT2D eigenvalue weighted by atomic mass is 19.3. The Bertz CT molecular complexity index is 182. The number of hydrogen-bond acceptors (Lipinski definition) is 1. The van der Waals surface area contributed by atoms with Crippen LogP contribution in [0.4, 0.5) is 8.78 Å². The summed E-state index contributed by atoms with van der Waals surface area (Å²) in [6.45, 7) is 3.19. The van der Waals surface area contributed by atoms with Crippen molar-refractivity contribution in [2.24, 2.45) is 5.73 Å². The summed E-state index contributed by atoms with van der Waals surface area (Å²) in [5, 5.41) is 0. The summed E-state index contributed by atoms with van der Waals surface area (Å²) in [6, 6.07) is 0. The number of nitrogens with two attached hydrogens (primary N) is 1. The molecular weight excluding hydrogens is 140 g/mol. The summed E-state index contributed by atoms with van der Waals surface area (Å²) >= 11 is 0. The Labute approximate surface area is 57.0 Å². The Morgan fingerprint density at radius 3 is 2.20 bits per heavy atom. The maximum atomic E-state index is 11.7. The molecule has 0 radical (unpaired) electrons. The highest BCUT2D eigenvalue weighted by molar-refractivity contribution is 5.92. The van der Waals surface area contributed by atoms with E-state index in [1.807, 2.05) is 0 Å². The standard InChI is InChI=1S/C6H7F2NO/c1-2-3-4(5(7)8)6(9)10/h2H,1,3H2,(H2,9,10). The smallest absolute Gasteiger partial charge is 0.279 e. The van der Waals surface area contributed by atoms with Gasteiger partial charge in [0.2, 0.25) is 5.91 Å². The fourth-order valence-corrected chi connectivity index (χ4v) is 0.415. The van der Waals surface area contributed by atoms with E-state index in [9.17, 15) is 13.6 Å². The lowest BCUT2D eigenvalue weighted by atomic mass is 10.2. The van der Waals surface area contributed by atoms with E-state index in [1.165, 1.54) is 6.08 Å². The zero-order valence-electron chi connectivity index (χ0n) is 5.23. The summed E-state index contributed by atoms with van der Waals surface area (Å²) in [4.78, 5) is 10.2. The van der Waals surface area contributed by atoms with E-state index in [2.05, 4.69) is 12.3 Å². The van der Waals surface area contributed by atoms with Crippen LogP contribution in [0.3, 0.4) is 0 Å². The Morgan fingerprint density at radius 2 is 2.10 bits per heavy atom. The molecule has 0 aromatic rings. The van der Waals surface area contributed by atoms with Gasteiger partial charge in [-0.05, 0) is 0 Å². The molecule has 0 heterocycles. The second-order valence-electron chi connectivity index (χ2n) is 1.60. The third-order valence-corrected chi connectivity index (χ3v) is 0.874. The van der Waals surface area contributed by atoms with E-state index >= 15 is 0 Å². The molecule has 2 nitrogen and oxygen atoms in total. The molecule has 0 aromatic carbocycles. The van der Waals surface area contributed by atoms with E-state index in [0.717, 1.165) is 0 Å². The topological polar surface area (TPSA) is 43.1 Å². The molecule has 10 heavy (non-hydrogen) atoms. The van der Waals surface area contributed by atoms with E-state index in [1.54, 1.807) is 0 Å². The van der Waals surface area contributed by atoms with E-state index < -0.39 is 17.6 Å². The third kappa shape index (κ3) is 2.39. The number of rotatable bonds is 3. The van der Waals surface area contributed by atoms with Crippen LogP contribution < -0.4 is 5.73 Å². The zero-order valence-corrected chi connectivity index (χ0v) is 5.23. The SMILES string of the molecule is C=CCC(C(N)=O)=C(F)F. The second-order valence-corrected chi connectivity index (χ2v) is 1.60. The van der Waals surface area contributed by atoms with Crippen LogP contribution in [0.15, 0.2) is 24.3 Å². The second kappa shape index (κ2) is 3.76. The number of primary amides is 1. The van der Waals surface area contributed by atoms with Crippen molar-refractivity contribution in [2.75, 3.05) is 0 Å². The van der Waals surface area contributed by atoms with Crippen LogP contribution in [-0.2, 0) is 4.79 Å². The molecule has 0 bridgehead atoms. The van der Waals surface area contributed by atoms with Gasteiger partial charge in [-0.3, -0.25) is 4.79 Å². The van der Waals surface area contributed by atoms with E-state index in [4.69, 9.17) is 0 Å². The predicted octanol–water partition coefficient (Wildman–Crippen LogP) is 1.20. The monoisotopic (exact) mass is 147 g/mol. The minimum absolute atomic E-state index is 0.183. The summed E-state index contributed by atoms with van der Waals surface area (Å²) in [5.41, 5.74) is 3.93. The van der Waals surface area contributed by atoms with Gasteiger partial charge < -0.3 is 5.73 Å². The quantitative estimate of drug-likeness (QED) is 0.473. The first-order valence-electron chi connectivity index (χ1n) is 2.54. The van der Waals surface area contributed by atoms with Gasteiger partial charge in [0.05, 0.1) is 5.57 Å². The lowest BCUT2D eigenvalue weighted by Gasteiger charge is -1.94. The Balaban J connectivity index is 4.42. The van der Waals surface area contributed by atoms with Crippen LogP contribution in [-0.4, -0.2) is 5.91 Å². The maximum Gasteiger partial charge on any atom is 0.279 e. The fraction of sp³-hybridized carbons (Fsp3) is 0.167. The summed E-state index contributed by atoms with van der Waals surface area (Å²) in [5.74, 6) is -1.10. The van der Waals surface area contributed by atoms with Gasteiger partial charge in [0.1, 0.15) is 0 Å². The maximum absolute atomic E-state index is 11.7. The fourth-order valence-electron chi connectivity index (χ4n) is 0.415. The lowest BCUT2D eigenvalue weighted by molar-refractivity contribution is -0.114. The molecule has 0 aliphatic rings. The lowest BCUT2D eigenvalue weighted by Crippen LogP contribution is -2.14. The van der Waals surface area contributed by atoms with Crippen LogP contribution >= 0.6 is 0 Å². The minimum Gasteiger partial charge on any atom is -0.366 e. The molecule has 0 aromatic heterocycles. The average Bonchev–Trinajstić information content (AvgIpc) is 1.81. The molecule has 0 rings (SSSR count). The van der Waals surface area contributed by atoms with Gasteiger partial charge in [-0.25, -0.2) is 0 Å². The highest BCUT2D eigenvalue weighted by Gasteiger charge is 2.09. The first-order valence-corrected chi connectivity index (χ1v) is 2.54. The normalized spacial score (nSPS) is 8.60. The van der Waals surface area contributed by atoms with Gasteiger partial charge in [-0.2, -0.15) is 8.78 Å². The number of allylic oxidation sites excluding steroid dienone is 1. The predicted molar refractivity (Wildman–Crippen MR) is 33.3 cm³/mol. The number of carbonyl (C=O) groups excluding carboxylic acids is 1. The van der Waals surface area contributed by atoms with Crippen molar-refractivity contribution in [1.82, 2.24) is 0 Å². The van der Waals surface area contributed by atoms with Crippen molar-refractivity contribution in [3.05, 3.63) is 24.3 Å². The Morgan fingerprint density at radius 1 is 1.60 bits per heavy atom. The molecule has 0 atom stereocenters. The number of carbonyl (C=O) groups is 1. The molecule has 0 unspecified atom stereocenters. The molecule has 0 spiro atoms. The average molecular weight is 147 g/mol. The van der Waals surface area contributed by atoms with Crippen molar-refractivity contribution in [1.29, 1.82) is 0 Å². The van der Waals surface area contributed by atoms with Crippen molar-refractivity contribution >= 4 is 5.91 Å². The van der Waals surface area contributed by atoms with Gasteiger partial charge in [-0.1, -0.05) is 6.08 Å². The number of halogens is 2. The third-order valence-electron chi connectivity index (χ3n) is 0.874. The van der Waals surface area contributed by atoms with Crippen molar-refractivity contribution in [3.8, 4) is 0 Å². The Kier molecular flexibility index (Phi) is 3.32. The molecule has 0 fully saturated rings. The largest absolute Gasteiger partial charge is 0.366 e. The van der Waals surface area contributed by atoms with Gasteiger partial charge in [0, 0.05) is 6.42 Å². The molecule has 2 N–H and O–H groups in total. The van der Waals surface area contributed by atoms with Crippen LogP contribution in [0.1, 0.15) is 6.42 Å². The number of hydrogen-bond donors (Lipinski definition) is 1. The van der Waals surface area contributed by atoms with E-state index in [-0.39, 0.29) is 6.42 Å².